The Morgan fingerprint density at radius 2 is 1.67 bits per heavy atom. The first-order chi connectivity index (χ1) is 14.2. The van der Waals surface area contributed by atoms with Gasteiger partial charge in [0.25, 0.3) is 0 Å². The molecule has 30 heavy (non-hydrogen) atoms. The Kier molecular flexibility index (Phi) is 7.97. The van der Waals surface area contributed by atoms with Crippen molar-refractivity contribution in [2.75, 3.05) is 25.5 Å². The number of ketones is 1. The zero-order valence-electron chi connectivity index (χ0n) is 16.5. The van der Waals surface area contributed by atoms with Crippen LogP contribution in [0.15, 0.2) is 36.4 Å². The highest BCUT2D eigenvalue weighted by Crippen LogP contribution is 2.19. The fraction of sp³-hybridized carbons (Fsp3) is 0.286. The molecule has 9 heteroatoms. The van der Waals surface area contributed by atoms with Crippen LogP contribution in [0, 0.1) is 17.5 Å². The second kappa shape index (κ2) is 10.4. The summed E-state index contributed by atoms with van der Waals surface area (Å²) in [5.74, 6) is -5.14. The van der Waals surface area contributed by atoms with Gasteiger partial charge in [-0.1, -0.05) is 0 Å². The van der Waals surface area contributed by atoms with Gasteiger partial charge < -0.3 is 15.0 Å². The lowest BCUT2D eigenvalue weighted by atomic mass is 10.1. The zero-order valence-corrected chi connectivity index (χ0v) is 16.5. The first-order valence-corrected chi connectivity index (χ1v) is 9.10. The minimum absolute atomic E-state index is 0.0495. The maximum atomic E-state index is 13.6. The van der Waals surface area contributed by atoms with E-state index in [1.807, 2.05) is 0 Å². The molecule has 0 saturated heterocycles. The number of rotatable bonds is 9. The summed E-state index contributed by atoms with van der Waals surface area (Å²) < 4.78 is 45.2. The van der Waals surface area contributed by atoms with Gasteiger partial charge in [-0.25, -0.2) is 13.2 Å². The third kappa shape index (κ3) is 6.33. The molecule has 0 aliphatic rings. The van der Waals surface area contributed by atoms with Crippen LogP contribution in [-0.2, 0) is 9.59 Å². The molecule has 0 aliphatic heterocycles. The third-order valence-corrected chi connectivity index (χ3v) is 4.18. The number of anilines is 1. The Hall–Kier alpha value is -3.36. The number of hydrogen-bond acceptors (Lipinski definition) is 4. The van der Waals surface area contributed by atoms with Crippen molar-refractivity contribution in [1.82, 2.24) is 4.90 Å². The number of Topliss-reactive ketones (excluding diaryl/α,β-unsaturated/α-hetero) is 1. The Morgan fingerprint density at radius 3 is 2.30 bits per heavy atom. The Bertz CT molecular complexity index is 933. The van der Waals surface area contributed by atoms with Crippen molar-refractivity contribution in [2.45, 2.75) is 19.8 Å². The lowest BCUT2D eigenvalue weighted by Gasteiger charge is -2.17. The monoisotopic (exact) mass is 422 g/mol. The highest BCUT2D eigenvalue weighted by atomic mass is 19.2. The Labute approximate surface area is 171 Å². The lowest BCUT2D eigenvalue weighted by Crippen LogP contribution is -2.35. The predicted octanol–water partition coefficient (Wildman–Crippen LogP) is 3.56. The quantitative estimate of drug-likeness (QED) is 0.381. The molecule has 0 aliphatic carbocycles. The number of halogens is 3. The van der Waals surface area contributed by atoms with E-state index in [0.717, 1.165) is 11.0 Å². The maximum absolute atomic E-state index is 13.6. The Morgan fingerprint density at radius 1 is 1.00 bits per heavy atom. The van der Waals surface area contributed by atoms with Crippen LogP contribution in [0.3, 0.4) is 0 Å². The molecule has 160 valence electrons. The molecule has 0 fully saturated rings. The molecule has 0 aromatic heterocycles. The minimum atomic E-state index is -1.69. The van der Waals surface area contributed by atoms with Crippen molar-refractivity contribution < 1.29 is 32.3 Å². The summed E-state index contributed by atoms with van der Waals surface area (Å²) in [5.41, 5.74) is 0.0598. The van der Waals surface area contributed by atoms with Gasteiger partial charge in [0.05, 0.1) is 18.8 Å². The van der Waals surface area contributed by atoms with E-state index >= 15 is 0 Å². The van der Waals surface area contributed by atoms with Crippen molar-refractivity contribution >= 4 is 23.3 Å². The molecule has 6 nitrogen and oxygen atoms in total. The standard InChI is InChI=1S/C21H21F3N2O4/c1-13(27)14-5-7-15(8-6-14)30-11-3-4-19(29)26(2)12-18(28)25-17-10-9-16(22)20(23)21(17)24/h5-10H,3-4,11-12H2,1-2H3,(H,25,28). The van der Waals surface area contributed by atoms with E-state index in [-0.39, 0.29) is 31.3 Å². The van der Waals surface area contributed by atoms with E-state index in [9.17, 15) is 27.6 Å². The van der Waals surface area contributed by atoms with Gasteiger partial charge in [0.1, 0.15) is 5.75 Å². The predicted molar refractivity (Wildman–Crippen MR) is 104 cm³/mol. The van der Waals surface area contributed by atoms with Crippen molar-refractivity contribution in [1.29, 1.82) is 0 Å². The van der Waals surface area contributed by atoms with Crippen LogP contribution >= 0.6 is 0 Å². The Balaban J connectivity index is 1.74. The summed E-state index contributed by atoms with van der Waals surface area (Å²) in [6, 6.07) is 8.19. The molecular weight excluding hydrogens is 401 g/mol. The van der Waals surface area contributed by atoms with E-state index in [1.54, 1.807) is 24.3 Å². The second-order valence-corrected chi connectivity index (χ2v) is 6.55. The molecule has 0 heterocycles. The number of benzene rings is 2. The summed E-state index contributed by atoms with van der Waals surface area (Å²) in [7, 11) is 1.39. The first-order valence-electron chi connectivity index (χ1n) is 9.10. The molecule has 0 bridgehead atoms. The minimum Gasteiger partial charge on any atom is -0.494 e. The van der Waals surface area contributed by atoms with E-state index < -0.39 is 29.0 Å². The summed E-state index contributed by atoms with van der Waals surface area (Å²) in [4.78, 5) is 36.4. The van der Waals surface area contributed by atoms with E-state index in [0.29, 0.717) is 23.8 Å². The molecule has 0 atom stereocenters. The molecular formula is C21H21F3N2O4. The molecule has 2 aromatic rings. The molecule has 0 radical (unpaired) electrons. The highest BCUT2D eigenvalue weighted by molar-refractivity contribution is 5.95. The van der Waals surface area contributed by atoms with Crippen LogP contribution in [-0.4, -0.2) is 42.7 Å². The van der Waals surface area contributed by atoms with Gasteiger partial charge >= 0.3 is 0 Å². The van der Waals surface area contributed by atoms with Gasteiger partial charge in [-0.05, 0) is 49.7 Å². The molecule has 2 amide bonds. The molecule has 0 spiro atoms. The fourth-order valence-electron chi connectivity index (χ4n) is 2.51. The van der Waals surface area contributed by atoms with Gasteiger partial charge in [-0.2, -0.15) is 0 Å². The SMILES string of the molecule is CC(=O)c1ccc(OCCCC(=O)N(C)CC(=O)Nc2ccc(F)c(F)c2F)cc1. The average Bonchev–Trinajstić information content (AvgIpc) is 2.71. The molecule has 0 saturated carbocycles. The summed E-state index contributed by atoms with van der Waals surface area (Å²) >= 11 is 0. The summed E-state index contributed by atoms with van der Waals surface area (Å²) in [5, 5.41) is 2.10. The van der Waals surface area contributed by atoms with Crippen LogP contribution in [0.5, 0.6) is 5.75 Å². The first kappa shape index (κ1) is 22.9. The number of ether oxygens (including phenoxy) is 1. The van der Waals surface area contributed by atoms with Gasteiger partial charge in [-0.15, -0.1) is 0 Å². The number of nitrogens with zero attached hydrogens (tertiary/aromatic N) is 1. The van der Waals surface area contributed by atoms with Crippen LogP contribution in [0.4, 0.5) is 18.9 Å². The number of carbonyl (C=O) groups excluding carboxylic acids is 3. The van der Waals surface area contributed by atoms with Gasteiger partial charge in [0.15, 0.2) is 23.2 Å². The number of likely N-dealkylation sites (N-methyl/N-ethyl adjacent to an activating group) is 1. The topological polar surface area (TPSA) is 75.7 Å². The highest BCUT2D eigenvalue weighted by Gasteiger charge is 2.17. The average molecular weight is 422 g/mol. The number of carbonyl (C=O) groups is 3. The van der Waals surface area contributed by atoms with Crippen molar-refractivity contribution in [3.05, 3.63) is 59.4 Å². The normalized spacial score (nSPS) is 10.4. The third-order valence-electron chi connectivity index (χ3n) is 4.18. The molecule has 2 rings (SSSR count). The van der Waals surface area contributed by atoms with Gasteiger partial charge in [0.2, 0.25) is 11.8 Å². The summed E-state index contributed by atoms with van der Waals surface area (Å²) in [6.45, 7) is 1.34. The van der Waals surface area contributed by atoms with Crippen LogP contribution in [0.25, 0.3) is 0 Å². The van der Waals surface area contributed by atoms with Crippen molar-refractivity contribution in [2.24, 2.45) is 0 Å². The maximum Gasteiger partial charge on any atom is 0.244 e. The van der Waals surface area contributed by atoms with Crippen LogP contribution < -0.4 is 10.1 Å². The molecule has 0 unspecified atom stereocenters. The van der Waals surface area contributed by atoms with E-state index in [2.05, 4.69) is 5.32 Å². The van der Waals surface area contributed by atoms with Crippen LogP contribution in [0.2, 0.25) is 0 Å². The molecule has 1 N–H and O–H groups in total. The number of hydrogen-bond donors (Lipinski definition) is 1. The van der Waals surface area contributed by atoms with Crippen molar-refractivity contribution in [3.8, 4) is 5.75 Å². The summed E-state index contributed by atoms with van der Waals surface area (Å²) in [6.07, 6.45) is 0.492. The van der Waals surface area contributed by atoms with Gasteiger partial charge in [0, 0.05) is 19.0 Å². The lowest BCUT2D eigenvalue weighted by molar-refractivity contribution is -0.133. The molecule has 2 aromatic carbocycles. The number of nitrogens with one attached hydrogen (secondary N) is 1. The fourth-order valence-corrected chi connectivity index (χ4v) is 2.51. The van der Waals surface area contributed by atoms with Crippen LogP contribution in [0.1, 0.15) is 30.1 Å². The largest absolute Gasteiger partial charge is 0.494 e. The van der Waals surface area contributed by atoms with Crippen molar-refractivity contribution in [3.63, 3.8) is 0 Å². The van der Waals surface area contributed by atoms with E-state index in [4.69, 9.17) is 4.74 Å². The number of amides is 2. The zero-order chi connectivity index (χ0) is 22.3. The van der Waals surface area contributed by atoms with Gasteiger partial charge in [-0.3, -0.25) is 14.4 Å². The smallest absolute Gasteiger partial charge is 0.244 e. The second-order valence-electron chi connectivity index (χ2n) is 6.55. The van der Waals surface area contributed by atoms with E-state index in [1.165, 1.54) is 14.0 Å².